The molecule has 1 aliphatic heterocycles. The highest BCUT2D eigenvalue weighted by atomic mass is 16.5. The molecule has 1 atom stereocenters. The molecule has 1 N–H and O–H groups in total. The zero-order valence-electron chi connectivity index (χ0n) is 24.3. The molecule has 0 spiro atoms. The fourth-order valence-electron chi connectivity index (χ4n) is 4.87. The number of rotatable bonds is 11. The molecule has 1 amide bonds. The van der Waals surface area contributed by atoms with Gasteiger partial charge in [0.2, 0.25) is 5.75 Å². The van der Waals surface area contributed by atoms with Gasteiger partial charge in [0.15, 0.2) is 11.5 Å². The minimum Gasteiger partial charge on any atom is -0.507 e. The quantitative estimate of drug-likeness (QED) is 0.207. The molecule has 3 aromatic carbocycles. The van der Waals surface area contributed by atoms with Crippen LogP contribution in [-0.2, 0) is 16.2 Å². The highest BCUT2D eigenvalue weighted by molar-refractivity contribution is 6.46. The number of aryl methyl sites for hydroxylation is 1. The molecule has 0 aliphatic carbocycles. The van der Waals surface area contributed by atoms with Gasteiger partial charge < -0.3 is 33.9 Å². The summed E-state index contributed by atoms with van der Waals surface area (Å²) in [4.78, 5) is 30.2. The lowest BCUT2D eigenvalue weighted by Gasteiger charge is -2.27. The molecule has 1 saturated heterocycles. The Bertz CT molecular complexity index is 1420. The highest BCUT2D eigenvalue weighted by Gasteiger charge is 2.46. The van der Waals surface area contributed by atoms with E-state index in [4.69, 9.17) is 18.9 Å². The van der Waals surface area contributed by atoms with E-state index in [9.17, 15) is 14.7 Å². The van der Waals surface area contributed by atoms with Crippen LogP contribution in [0.3, 0.4) is 0 Å². The number of amides is 1. The molecule has 4 rings (SSSR count). The lowest BCUT2D eigenvalue weighted by atomic mass is 9.94. The summed E-state index contributed by atoms with van der Waals surface area (Å²) in [6.07, 6.45) is 0. The number of benzene rings is 3. The summed E-state index contributed by atoms with van der Waals surface area (Å²) in [5, 5.41) is 11.6. The zero-order chi connectivity index (χ0) is 29.7. The van der Waals surface area contributed by atoms with Crippen molar-refractivity contribution in [2.24, 2.45) is 0 Å². The smallest absolute Gasteiger partial charge is 0.295 e. The topological polar surface area (TPSA) is 97.8 Å². The monoisotopic (exact) mass is 560 g/mol. The first kappa shape index (κ1) is 29.5. The van der Waals surface area contributed by atoms with Crippen LogP contribution in [0.15, 0.2) is 66.2 Å². The van der Waals surface area contributed by atoms with E-state index in [0.717, 1.165) is 11.1 Å². The van der Waals surface area contributed by atoms with Gasteiger partial charge in [0.1, 0.15) is 18.1 Å². The number of carbonyl (C=O) groups is 2. The van der Waals surface area contributed by atoms with E-state index in [-0.39, 0.29) is 17.9 Å². The number of nitrogens with zero attached hydrogens (tertiary/aromatic N) is 2. The second-order valence-corrected chi connectivity index (χ2v) is 10.0. The maximum Gasteiger partial charge on any atom is 0.295 e. The lowest BCUT2D eigenvalue weighted by Crippen LogP contribution is -2.35. The van der Waals surface area contributed by atoms with E-state index in [1.165, 1.54) is 26.2 Å². The van der Waals surface area contributed by atoms with Crippen molar-refractivity contribution in [3.05, 3.63) is 88.5 Å². The van der Waals surface area contributed by atoms with Crippen LogP contribution in [0.2, 0.25) is 0 Å². The second kappa shape index (κ2) is 12.8. The SMILES string of the molecule is COc1cc([C@@H]2C(=C(O)c3ccc(OCc4ccccc4)c(C)c3)C(=O)C(=O)N2CCN(C)C)cc(OC)c1OC. The van der Waals surface area contributed by atoms with Crippen LogP contribution in [-0.4, -0.2) is 75.1 Å². The molecule has 0 radical (unpaired) electrons. The molecule has 0 unspecified atom stereocenters. The predicted octanol–water partition coefficient (Wildman–Crippen LogP) is 4.58. The molecule has 0 bridgehead atoms. The van der Waals surface area contributed by atoms with Gasteiger partial charge in [-0.1, -0.05) is 30.3 Å². The number of methoxy groups -OCH3 is 3. The van der Waals surface area contributed by atoms with Crippen molar-refractivity contribution in [2.45, 2.75) is 19.6 Å². The Labute approximate surface area is 240 Å². The van der Waals surface area contributed by atoms with Crippen LogP contribution < -0.4 is 18.9 Å². The van der Waals surface area contributed by atoms with Crippen LogP contribution >= 0.6 is 0 Å². The summed E-state index contributed by atoms with van der Waals surface area (Å²) in [7, 11) is 8.26. The Balaban J connectivity index is 1.79. The summed E-state index contributed by atoms with van der Waals surface area (Å²) < 4.78 is 22.5. The Morgan fingerprint density at radius 1 is 0.902 bits per heavy atom. The van der Waals surface area contributed by atoms with E-state index in [2.05, 4.69) is 0 Å². The number of hydrogen-bond donors (Lipinski definition) is 1. The number of carbonyl (C=O) groups excluding carboxylic acids is 2. The number of likely N-dealkylation sites (N-methyl/N-ethyl adjacent to an activating group) is 1. The normalized spacial score (nSPS) is 16.3. The van der Waals surface area contributed by atoms with Crippen LogP contribution in [0.5, 0.6) is 23.0 Å². The Morgan fingerprint density at radius 2 is 1.56 bits per heavy atom. The first-order valence-corrected chi connectivity index (χ1v) is 13.2. The minimum atomic E-state index is -0.877. The van der Waals surface area contributed by atoms with Gasteiger partial charge >= 0.3 is 0 Å². The fraction of sp³-hybridized carbons (Fsp3) is 0.312. The molecular formula is C32H36N2O7. The van der Waals surface area contributed by atoms with Gasteiger partial charge in [-0.05, 0) is 68.0 Å². The number of likely N-dealkylation sites (tertiary alicyclic amines) is 1. The largest absolute Gasteiger partial charge is 0.507 e. The molecular weight excluding hydrogens is 524 g/mol. The minimum absolute atomic E-state index is 0.0135. The average molecular weight is 561 g/mol. The summed E-state index contributed by atoms with van der Waals surface area (Å²) in [6, 6.07) is 17.5. The summed E-state index contributed by atoms with van der Waals surface area (Å²) in [6.45, 7) is 3.04. The standard InChI is InChI=1S/C32H36N2O7/c1-20-16-22(12-13-24(20)41-19-21-10-8-7-9-11-21)29(35)27-28(34(15-14-33(2)3)32(37)30(27)36)23-17-25(38-4)31(40-6)26(18-23)39-5/h7-13,16-18,28,35H,14-15,19H2,1-6H3/t28-/m1/s1. The zero-order valence-corrected chi connectivity index (χ0v) is 24.3. The van der Waals surface area contributed by atoms with Gasteiger partial charge in [-0.2, -0.15) is 0 Å². The maximum atomic E-state index is 13.5. The molecule has 9 heteroatoms. The first-order chi connectivity index (χ1) is 19.7. The number of Topliss-reactive ketones (excluding diaryl/α,β-unsaturated/α-hetero) is 1. The summed E-state index contributed by atoms with van der Waals surface area (Å²) >= 11 is 0. The van der Waals surface area contributed by atoms with E-state index < -0.39 is 17.7 Å². The van der Waals surface area contributed by atoms with Crippen LogP contribution in [0.25, 0.3) is 5.76 Å². The van der Waals surface area contributed by atoms with E-state index in [1.54, 1.807) is 30.3 Å². The molecule has 3 aromatic rings. The highest BCUT2D eigenvalue weighted by Crippen LogP contribution is 2.45. The van der Waals surface area contributed by atoms with Gasteiger partial charge in [0, 0.05) is 18.7 Å². The van der Waals surface area contributed by atoms with Gasteiger partial charge in [0.05, 0.1) is 32.9 Å². The van der Waals surface area contributed by atoms with E-state index >= 15 is 0 Å². The number of aliphatic hydroxyl groups excluding tert-OH is 1. The van der Waals surface area contributed by atoms with Crippen molar-refractivity contribution in [3.63, 3.8) is 0 Å². The Kier molecular flexibility index (Phi) is 9.19. The van der Waals surface area contributed by atoms with Crippen molar-refractivity contribution in [2.75, 3.05) is 48.5 Å². The molecule has 9 nitrogen and oxygen atoms in total. The van der Waals surface area contributed by atoms with Crippen molar-refractivity contribution < 1.29 is 33.6 Å². The number of aliphatic hydroxyl groups is 1. The number of ketones is 1. The van der Waals surface area contributed by atoms with Crippen LogP contribution in [0.1, 0.15) is 28.3 Å². The van der Waals surface area contributed by atoms with E-state index in [1.807, 2.05) is 56.3 Å². The van der Waals surface area contributed by atoms with Crippen LogP contribution in [0, 0.1) is 6.92 Å². The molecule has 1 fully saturated rings. The van der Waals surface area contributed by atoms with Crippen molar-refractivity contribution in [1.82, 2.24) is 9.80 Å². The molecule has 216 valence electrons. The van der Waals surface area contributed by atoms with Gasteiger partial charge in [0.25, 0.3) is 11.7 Å². The van der Waals surface area contributed by atoms with Crippen molar-refractivity contribution in [1.29, 1.82) is 0 Å². The maximum absolute atomic E-state index is 13.5. The second-order valence-electron chi connectivity index (χ2n) is 10.0. The van der Waals surface area contributed by atoms with E-state index in [0.29, 0.717) is 47.3 Å². The summed E-state index contributed by atoms with van der Waals surface area (Å²) in [5.41, 5.74) is 2.73. The number of ether oxygens (including phenoxy) is 4. The predicted molar refractivity (Wildman–Crippen MR) is 156 cm³/mol. The third kappa shape index (κ3) is 6.15. The third-order valence-corrected chi connectivity index (χ3v) is 7.02. The Morgan fingerprint density at radius 3 is 2.12 bits per heavy atom. The summed E-state index contributed by atoms with van der Waals surface area (Å²) in [5.74, 6) is 0.0521. The molecule has 41 heavy (non-hydrogen) atoms. The Hall–Kier alpha value is -4.50. The molecule has 1 aliphatic rings. The third-order valence-electron chi connectivity index (χ3n) is 7.02. The van der Waals surface area contributed by atoms with Crippen molar-refractivity contribution in [3.8, 4) is 23.0 Å². The van der Waals surface area contributed by atoms with Crippen molar-refractivity contribution >= 4 is 17.4 Å². The number of hydrogen-bond acceptors (Lipinski definition) is 8. The lowest BCUT2D eigenvalue weighted by molar-refractivity contribution is -0.140. The molecule has 1 heterocycles. The van der Waals surface area contributed by atoms with Gasteiger partial charge in [-0.25, -0.2) is 0 Å². The molecule has 0 saturated carbocycles. The fourth-order valence-corrected chi connectivity index (χ4v) is 4.87. The first-order valence-electron chi connectivity index (χ1n) is 13.2. The molecule has 0 aromatic heterocycles. The van der Waals surface area contributed by atoms with Crippen LogP contribution in [0.4, 0.5) is 0 Å². The average Bonchev–Trinajstić information content (AvgIpc) is 3.23. The van der Waals surface area contributed by atoms with Gasteiger partial charge in [-0.3, -0.25) is 9.59 Å². The van der Waals surface area contributed by atoms with Gasteiger partial charge in [-0.15, -0.1) is 0 Å².